The molecule has 6 nitrogen and oxygen atoms in total. The number of carbonyl (C=O) groups excluding carboxylic acids is 2. The fraction of sp³-hybridized carbons (Fsp3) is 0.222. The third-order valence-corrected chi connectivity index (χ3v) is 6.06. The van der Waals surface area contributed by atoms with Gasteiger partial charge in [0.1, 0.15) is 5.01 Å². The predicted molar refractivity (Wildman–Crippen MR) is 103 cm³/mol. The molecule has 132 valence electrons. The highest BCUT2D eigenvalue weighted by Crippen LogP contribution is 2.34. The van der Waals surface area contributed by atoms with Crippen LogP contribution in [0.2, 0.25) is 0 Å². The number of nitrogens with one attached hydrogen (secondary N) is 1. The number of aryl methyl sites for hydroxylation is 1. The molecule has 0 bridgehead atoms. The van der Waals surface area contributed by atoms with Crippen LogP contribution in [0, 0.1) is 6.92 Å². The molecule has 1 aromatic carbocycles. The summed E-state index contributed by atoms with van der Waals surface area (Å²) in [7, 11) is 0. The number of thiophene rings is 1. The lowest BCUT2D eigenvalue weighted by Gasteiger charge is -2.16. The predicted octanol–water partition coefficient (Wildman–Crippen LogP) is 3.68. The van der Waals surface area contributed by atoms with E-state index in [1.807, 2.05) is 42.6 Å². The van der Waals surface area contributed by atoms with Gasteiger partial charge in [0.2, 0.25) is 11.0 Å². The topological polar surface area (TPSA) is 75.2 Å². The summed E-state index contributed by atoms with van der Waals surface area (Å²) >= 11 is 2.70. The summed E-state index contributed by atoms with van der Waals surface area (Å²) in [4.78, 5) is 26.9. The van der Waals surface area contributed by atoms with Crippen molar-refractivity contribution < 1.29 is 9.59 Å². The molecule has 4 rings (SSSR count). The molecular weight excluding hydrogens is 368 g/mol. The van der Waals surface area contributed by atoms with E-state index >= 15 is 0 Å². The zero-order chi connectivity index (χ0) is 18.1. The van der Waals surface area contributed by atoms with Gasteiger partial charge in [0.05, 0.1) is 4.88 Å². The molecule has 1 aliphatic heterocycles. The number of carbonyl (C=O) groups is 2. The Labute approximate surface area is 158 Å². The molecular formula is C18H16N4O2S2. The van der Waals surface area contributed by atoms with Crippen molar-refractivity contribution in [2.75, 3.05) is 16.8 Å². The van der Waals surface area contributed by atoms with Gasteiger partial charge in [0.15, 0.2) is 0 Å². The Morgan fingerprint density at radius 2 is 2.15 bits per heavy atom. The number of rotatable bonds is 4. The molecule has 2 aromatic heterocycles. The molecule has 8 heteroatoms. The zero-order valence-electron chi connectivity index (χ0n) is 14.0. The highest BCUT2D eigenvalue weighted by molar-refractivity contribution is 7.15. The van der Waals surface area contributed by atoms with Crippen molar-refractivity contribution in [2.45, 2.75) is 19.3 Å². The molecule has 1 aliphatic rings. The number of aromatic nitrogens is 2. The monoisotopic (exact) mass is 384 g/mol. The van der Waals surface area contributed by atoms with Crippen LogP contribution in [0.1, 0.15) is 32.6 Å². The second-order valence-electron chi connectivity index (χ2n) is 6.12. The zero-order valence-corrected chi connectivity index (χ0v) is 15.6. The summed E-state index contributed by atoms with van der Waals surface area (Å²) in [5, 5.41) is 14.1. The van der Waals surface area contributed by atoms with Crippen LogP contribution in [0.5, 0.6) is 0 Å². The Bertz CT molecular complexity index is 952. The van der Waals surface area contributed by atoms with Crippen LogP contribution in [-0.4, -0.2) is 28.6 Å². The van der Waals surface area contributed by atoms with Crippen molar-refractivity contribution in [2.24, 2.45) is 0 Å². The molecule has 0 saturated carbocycles. The van der Waals surface area contributed by atoms with Crippen LogP contribution >= 0.6 is 22.7 Å². The minimum atomic E-state index is -0.188. The smallest absolute Gasteiger partial charge is 0.267 e. The van der Waals surface area contributed by atoms with Gasteiger partial charge in [-0.3, -0.25) is 14.9 Å². The lowest BCUT2D eigenvalue weighted by atomic mass is 10.1. The van der Waals surface area contributed by atoms with Crippen molar-refractivity contribution in [1.82, 2.24) is 10.2 Å². The van der Waals surface area contributed by atoms with Gasteiger partial charge in [-0.05, 0) is 36.1 Å². The summed E-state index contributed by atoms with van der Waals surface area (Å²) in [5.74, 6) is -0.112. The first-order valence-corrected chi connectivity index (χ1v) is 9.85. The molecule has 2 amide bonds. The van der Waals surface area contributed by atoms with E-state index in [0.717, 1.165) is 16.3 Å². The molecule has 0 spiro atoms. The van der Waals surface area contributed by atoms with E-state index in [2.05, 4.69) is 15.5 Å². The van der Waals surface area contributed by atoms with Gasteiger partial charge in [-0.2, -0.15) is 0 Å². The summed E-state index contributed by atoms with van der Waals surface area (Å²) in [6.07, 6.45) is 0.404. The van der Waals surface area contributed by atoms with E-state index in [1.54, 1.807) is 11.0 Å². The molecule has 1 saturated heterocycles. The number of nitrogens with zero attached hydrogens (tertiary/aromatic N) is 3. The maximum atomic E-state index is 12.4. The quantitative estimate of drug-likeness (QED) is 0.744. The highest BCUT2D eigenvalue weighted by Gasteiger charge is 2.34. The van der Waals surface area contributed by atoms with E-state index < -0.39 is 0 Å². The third-order valence-electron chi connectivity index (χ3n) is 4.19. The third kappa shape index (κ3) is 3.38. The molecule has 1 fully saturated rings. The van der Waals surface area contributed by atoms with Gasteiger partial charge in [0.25, 0.3) is 5.91 Å². The van der Waals surface area contributed by atoms with E-state index in [0.29, 0.717) is 23.0 Å². The maximum absolute atomic E-state index is 12.4. The van der Waals surface area contributed by atoms with Crippen LogP contribution < -0.4 is 10.2 Å². The fourth-order valence-corrected chi connectivity index (χ4v) is 4.38. The number of anilines is 2. The lowest BCUT2D eigenvalue weighted by molar-refractivity contribution is -0.117. The summed E-state index contributed by atoms with van der Waals surface area (Å²) < 4.78 is 0. The number of hydrogen-bond donors (Lipinski definition) is 1. The van der Waals surface area contributed by atoms with Gasteiger partial charge in [-0.15, -0.1) is 21.5 Å². The summed E-state index contributed by atoms with van der Waals surface area (Å²) in [5.41, 5.74) is 2.03. The van der Waals surface area contributed by atoms with Crippen LogP contribution in [0.3, 0.4) is 0 Å². The first kappa shape index (κ1) is 16.9. The van der Waals surface area contributed by atoms with Crippen LogP contribution in [0.15, 0.2) is 41.8 Å². The van der Waals surface area contributed by atoms with E-state index in [4.69, 9.17) is 0 Å². The Morgan fingerprint density at radius 3 is 2.92 bits per heavy atom. The van der Waals surface area contributed by atoms with Crippen LogP contribution in [0.25, 0.3) is 0 Å². The lowest BCUT2D eigenvalue weighted by Crippen LogP contribution is -2.24. The van der Waals surface area contributed by atoms with Crippen LogP contribution in [-0.2, 0) is 4.79 Å². The number of amides is 2. The SMILES string of the molecule is Cc1cccc(N2CC(c3nnc(NC(=O)c4cccs4)s3)CC2=O)c1. The Balaban J connectivity index is 1.46. The van der Waals surface area contributed by atoms with Gasteiger partial charge in [0, 0.05) is 24.6 Å². The van der Waals surface area contributed by atoms with Gasteiger partial charge in [-0.25, -0.2) is 0 Å². The molecule has 3 heterocycles. The fourth-order valence-electron chi connectivity index (χ4n) is 2.93. The van der Waals surface area contributed by atoms with Crippen LogP contribution in [0.4, 0.5) is 10.8 Å². The van der Waals surface area contributed by atoms with E-state index in [9.17, 15) is 9.59 Å². The van der Waals surface area contributed by atoms with Crippen molar-refractivity contribution in [3.05, 3.63) is 57.2 Å². The second kappa shape index (κ2) is 6.97. The molecule has 3 aromatic rings. The Kier molecular flexibility index (Phi) is 4.52. The van der Waals surface area contributed by atoms with Gasteiger partial charge < -0.3 is 4.90 Å². The molecule has 1 atom stereocenters. The Hall–Kier alpha value is -2.58. The second-order valence-corrected chi connectivity index (χ2v) is 8.08. The minimum Gasteiger partial charge on any atom is -0.312 e. The van der Waals surface area contributed by atoms with E-state index in [1.165, 1.54) is 22.7 Å². The largest absolute Gasteiger partial charge is 0.312 e. The average molecular weight is 384 g/mol. The summed E-state index contributed by atoms with van der Waals surface area (Å²) in [6, 6.07) is 11.5. The van der Waals surface area contributed by atoms with Gasteiger partial charge in [-0.1, -0.05) is 29.5 Å². The number of hydrogen-bond acceptors (Lipinski definition) is 6. The highest BCUT2D eigenvalue weighted by atomic mass is 32.1. The normalized spacial score (nSPS) is 16.9. The molecule has 1 unspecified atom stereocenters. The van der Waals surface area contributed by atoms with Crippen molar-refractivity contribution >= 4 is 45.3 Å². The molecule has 0 aliphatic carbocycles. The number of benzene rings is 1. The molecule has 0 radical (unpaired) electrons. The van der Waals surface area contributed by atoms with E-state index in [-0.39, 0.29) is 17.7 Å². The minimum absolute atomic E-state index is 0.00657. The Morgan fingerprint density at radius 1 is 1.27 bits per heavy atom. The molecule has 26 heavy (non-hydrogen) atoms. The first-order valence-electron chi connectivity index (χ1n) is 8.15. The van der Waals surface area contributed by atoms with Crippen molar-refractivity contribution in [1.29, 1.82) is 0 Å². The van der Waals surface area contributed by atoms with Crippen molar-refractivity contribution in [3.8, 4) is 0 Å². The summed E-state index contributed by atoms with van der Waals surface area (Å²) in [6.45, 7) is 2.59. The molecule has 1 N–H and O–H groups in total. The standard InChI is InChI=1S/C18H16N4O2S2/c1-11-4-2-5-13(8-11)22-10-12(9-15(22)23)17-20-21-18(26-17)19-16(24)14-6-3-7-25-14/h2-8,12H,9-10H2,1H3,(H,19,21,24). The van der Waals surface area contributed by atoms with Crippen molar-refractivity contribution in [3.63, 3.8) is 0 Å². The maximum Gasteiger partial charge on any atom is 0.267 e. The average Bonchev–Trinajstić information content (AvgIpc) is 3.35. The first-order chi connectivity index (χ1) is 12.6. The van der Waals surface area contributed by atoms with Gasteiger partial charge >= 0.3 is 0 Å².